The van der Waals surface area contributed by atoms with Gasteiger partial charge in [-0.05, 0) is 42.1 Å². The maximum absolute atomic E-state index is 14.6. The fourth-order valence-corrected chi connectivity index (χ4v) is 3.99. The number of alkyl halides is 3. The minimum Gasteiger partial charge on any atom is -0.379 e. The number of nitrogens with zero attached hydrogens (tertiary/aromatic N) is 3. The van der Waals surface area contributed by atoms with E-state index in [-0.39, 0.29) is 13.1 Å². The summed E-state index contributed by atoms with van der Waals surface area (Å²) in [6, 6.07) is 4.20. The minimum atomic E-state index is -4.64. The van der Waals surface area contributed by atoms with Crippen molar-refractivity contribution in [2.45, 2.75) is 10.4 Å². The Bertz CT molecular complexity index is 1060. The Morgan fingerprint density at radius 1 is 1.03 bits per heavy atom. The van der Waals surface area contributed by atoms with Crippen LogP contribution in [0.5, 0.6) is 0 Å². The molecule has 13 heteroatoms. The SMILES string of the molecule is CN(C(=O)N(CCN1CCOCC1)C(=O)c1c(F)cccc1F)c1ccc(SC(F)(F)F)cc1F. The van der Waals surface area contributed by atoms with E-state index in [1.807, 2.05) is 4.90 Å². The first-order valence-electron chi connectivity index (χ1n) is 10.4. The van der Waals surface area contributed by atoms with E-state index in [9.17, 15) is 35.9 Å². The number of ether oxygens (including phenoxy) is 1. The maximum Gasteiger partial charge on any atom is 0.446 e. The largest absolute Gasteiger partial charge is 0.446 e. The first-order chi connectivity index (χ1) is 16.5. The molecule has 1 aliphatic rings. The Hall–Kier alpha value is -2.77. The molecule has 0 N–H and O–H groups in total. The van der Waals surface area contributed by atoms with E-state index in [1.54, 1.807) is 0 Å². The smallest absolute Gasteiger partial charge is 0.379 e. The van der Waals surface area contributed by atoms with Gasteiger partial charge < -0.3 is 4.74 Å². The highest BCUT2D eigenvalue weighted by Gasteiger charge is 2.33. The van der Waals surface area contributed by atoms with E-state index in [1.165, 1.54) is 0 Å². The Morgan fingerprint density at radius 3 is 2.23 bits per heavy atom. The van der Waals surface area contributed by atoms with Crippen molar-refractivity contribution in [3.63, 3.8) is 0 Å². The third-order valence-electron chi connectivity index (χ3n) is 5.20. The van der Waals surface area contributed by atoms with Crippen LogP contribution in [0.25, 0.3) is 0 Å². The first kappa shape index (κ1) is 26.8. The van der Waals surface area contributed by atoms with Crippen LogP contribution in [0.15, 0.2) is 41.3 Å². The zero-order valence-electron chi connectivity index (χ0n) is 18.4. The van der Waals surface area contributed by atoms with Crippen molar-refractivity contribution in [1.29, 1.82) is 0 Å². The molecular formula is C22H21F6N3O3S. The summed E-state index contributed by atoms with van der Waals surface area (Å²) in [4.78, 5) is 29.0. The number of amides is 3. The lowest BCUT2D eigenvalue weighted by atomic mass is 10.1. The van der Waals surface area contributed by atoms with Crippen molar-refractivity contribution in [3.05, 3.63) is 59.4 Å². The topological polar surface area (TPSA) is 53.1 Å². The van der Waals surface area contributed by atoms with Gasteiger partial charge in [0, 0.05) is 38.1 Å². The molecule has 3 rings (SSSR count). The number of benzene rings is 2. The van der Waals surface area contributed by atoms with Gasteiger partial charge in [-0.3, -0.25) is 19.5 Å². The summed E-state index contributed by atoms with van der Waals surface area (Å²) < 4.78 is 86.2. The predicted octanol–water partition coefficient (Wildman–Crippen LogP) is 4.75. The number of hydrogen-bond donors (Lipinski definition) is 0. The standard InChI is InChI=1S/C22H21F6N3O3S/c1-29(18-6-5-14(13-17(18)25)35-22(26,27)28)21(33)31(8-7-30-9-11-34-12-10-30)20(32)19-15(23)3-2-4-16(19)24/h2-6,13H,7-12H2,1H3. The van der Waals surface area contributed by atoms with Gasteiger partial charge in [0.15, 0.2) is 0 Å². The molecule has 2 aromatic rings. The molecule has 2 aromatic carbocycles. The third-order valence-corrected chi connectivity index (χ3v) is 5.92. The molecule has 6 nitrogen and oxygen atoms in total. The van der Waals surface area contributed by atoms with Crippen molar-refractivity contribution in [2.24, 2.45) is 0 Å². The molecule has 0 aliphatic carbocycles. The second kappa shape index (κ2) is 11.3. The molecule has 0 atom stereocenters. The van der Waals surface area contributed by atoms with Gasteiger partial charge in [-0.15, -0.1) is 0 Å². The first-order valence-corrected chi connectivity index (χ1v) is 11.2. The molecule has 35 heavy (non-hydrogen) atoms. The number of carbonyl (C=O) groups is 2. The Labute approximate surface area is 201 Å². The number of hydrogen-bond acceptors (Lipinski definition) is 5. The summed E-state index contributed by atoms with van der Waals surface area (Å²) >= 11 is -0.528. The van der Waals surface area contributed by atoms with Gasteiger partial charge >= 0.3 is 11.5 Å². The molecule has 0 aromatic heterocycles. The summed E-state index contributed by atoms with van der Waals surface area (Å²) in [6.45, 7) is 1.75. The number of carbonyl (C=O) groups excluding carboxylic acids is 2. The second-order valence-corrected chi connectivity index (χ2v) is 8.65. The molecule has 1 aliphatic heterocycles. The average Bonchev–Trinajstić information content (AvgIpc) is 2.78. The number of anilines is 1. The summed E-state index contributed by atoms with van der Waals surface area (Å²) in [5, 5.41) is 0. The number of imide groups is 1. The lowest BCUT2D eigenvalue weighted by Crippen LogP contribution is -2.49. The van der Waals surface area contributed by atoms with Gasteiger partial charge in [-0.1, -0.05) is 6.07 Å². The van der Waals surface area contributed by atoms with Gasteiger partial charge in [0.25, 0.3) is 5.91 Å². The van der Waals surface area contributed by atoms with Gasteiger partial charge in [-0.2, -0.15) is 13.2 Å². The average molecular weight is 521 g/mol. The maximum atomic E-state index is 14.6. The van der Waals surface area contributed by atoms with Crippen LogP contribution in [-0.2, 0) is 4.74 Å². The van der Waals surface area contributed by atoms with Crippen LogP contribution in [0.3, 0.4) is 0 Å². The highest BCUT2D eigenvalue weighted by molar-refractivity contribution is 8.00. The van der Waals surface area contributed by atoms with Crippen LogP contribution in [0.4, 0.5) is 36.8 Å². The zero-order valence-corrected chi connectivity index (χ0v) is 19.3. The molecule has 0 saturated carbocycles. The Morgan fingerprint density at radius 2 is 1.66 bits per heavy atom. The quantitative estimate of drug-likeness (QED) is 0.406. The molecule has 0 unspecified atom stereocenters. The molecule has 1 fully saturated rings. The van der Waals surface area contributed by atoms with Gasteiger partial charge in [0.05, 0.1) is 18.9 Å². The lowest BCUT2D eigenvalue weighted by Gasteiger charge is -2.31. The molecule has 1 heterocycles. The van der Waals surface area contributed by atoms with Crippen molar-refractivity contribution in [1.82, 2.24) is 9.80 Å². The van der Waals surface area contributed by atoms with Crippen LogP contribution in [0.2, 0.25) is 0 Å². The number of morpholine rings is 1. The van der Waals surface area contributed by atoms with E-state index >= 15 is 0 Å². The fraction of sp³-hybridized carbons (Fsp3) is 0.364. The van der Waals surface area contributed by atoms with Crippen LogP contribution in [0.1, 0.15) is 10.4 Å². The Kier molecular flexibility index (Phi) is 8.67. The molecule has 190 valence electrons. The normalized spacial score (nSPS) is 14.6. The number of rotatable bonds is 6. The van der Waals surface area contributed by atoms with Crippen LogP contribution in [-0.4, -0.2) is 73.7 Å². The van der Waals surface area contributed by atoms with E-state index in [0.717, 1.165) is 37.4 Å². The summed E-state index contributed by atoms with van der Waals surface area (Å²) in [6.07, 6.45) is 0. The fourth-order valence-electron chi connectivity index (χ4n) is 3.43. The molecule has 0 radical (unpaired) electrons. The van der Waals surface area contributed by atoms with Gasteiger partial charge in [-0.25, -0.2) is 18.0 Å². The van der Waals surface area contributed by atoms with Crippen molar-refractivity contribution in [3.8, 4) is 0 Å². The lowest BCUT2D eigenvalue weighted by molar-refractivity contribution is -0.0328. The highest BCUT2D eigenvalue weighted by Crippen LogP contribution is 2.38. The van der Waals surface area contributed by atoms with Crippen LogP contribution in [0, 0.1) is 17.5 Å². The van der Waals surface area contributed by atoms with E-state index in [4.69, 9.17) is 4.74 Å². The van der Waals surface area contributed by atoms with Crippen LogP contribution >= 0.6 is 11.8 Å². The summed E-state index contributed by atoms with van der Waals surface area (Å²) in [7, 11) is 1.10. The molecule has 3 amide bonds. The van der Waals surface area contributed by atoms with Gasteiger partial charge in [0.2, 0.25) is 0 Å². The summed E-state index contributed by atoms with van der Waals surface area (Å²) in [5.41, 5.74) is -6.00. The van der Waals surface area contributed by atoms with Gasteiger partial charge in [0.1, 0.15) is 23.0 Å². The Balaban J connectivity index is 1.88. The molecule has 0 spiro atoms. The minimum absolute atomic E-state index is 0.161. The number of thioether (sulfide) groups is 1. The highest BCUT2D eigenvalue weighted by atomic mass is 32.2. The zero-order chi connectivity index (χ0) is 25.8. The van der Waals surface area contributed by atoms with E-state index in [2.05, 4.69) is 0 Å². The molecule has 0 bridgehead atoms. The molecular weight excluding hydrogens is 500 g/mol. The van der Waals surface area contributed by atoms with Crippen molar-refractivity contribution < 1.29 is 40.7 Å². The van der Waals surface area contributed by atoms with Crippen LogP contribution < -0.4 is 4.90 Å². The number of halogens is 6. The number of urea groups is 1. The second-order valence-electron chi connectivity index (χ2n) is 7.51. The predicted molar refractivity (Wildman–Crippen MR) is 117 cm³/mol. The van der Waals surface area contributed by atoms with Crippen molar-refractivity contribution >= 4 is 29.4 Å². The summed E-state index contributed by atoms with van der Waals surface area (Å²) in [5.74, 6) is -4.77. The monoisotopic (exact) mass is 521 g/mol. The van der Waals surface area contributed by atoms with Crippen molar-refractivity contribution in [2.75, 3.05) is 51.3 Å². The van der Waals surface area contributed by atoms with E-state index < -0.39 is 62.8 Å². The van der Waals surface area contributed by atoms with E-state index in [0.29, 0.717) is 42.2 Å². The third kappa shape index (κ3) is 6.89. The molecule has 1 saturated heterocycles.